The fourth-order valence-electron chi connectivity index (χ4n) is 4.01. The molecule has 1 saturated heterocycles. The minimum Gasteiger partial charge on any atom is -0.468 e. The second kappa shape index (κ2) is 8.28. The van der Waals surface area contributed by atoms with E-state index in [1.165, 1.54) is 0 Å². The summed E-state index contributed by atoms with van der Waals surface area (Å²) in [5.41, 5.74) is 1.90. The summed E-state index contributed by atoms with van der Waals surface area (Å²) in [5, 5.41) is 5.66. The first-order chi connectivity index (χ1) is 14.8. The minimum absolute atomic E-state index is 0.854. The molecular formula is C23H26N6O. The van der Waals surface area contributed by atoms with E-state index in [4.69, 9.17) is 14.4 Å². The molecule has 154 valence electrons. The van der Waals surface area contributed by atoms with E-state index >= 15 is 0 Å². The SMILES string of the molecule is CCCc1nc(N2CCN(Cc3ccco3)CC2)c2cnn(-c3ccccc3)c2n1. The number of nitrogens with zero attached hydrogens (tertiary/aromatic N) is 6. The van der Waals surface area contributed by atoms with Gasteiger partial charge >= 0.3 is 0 Å². The van der Waals surface area contributed by atoms with Crippen molar-refractivity contribution in [3.63, 3.8) is 0 Å². The van der Waals surface area contributed by atoms with Gasteiger partial charge in [0.2, 0.25) is 0 Å². The van der Waals surface area contributed by atoms with Crippen LogP contribution in [0.4, 0.5) is 5.82 Å². The Morgan fingerprint density at radius 1 is 0.967 bits per heavy atom. The van der Waals surface area contributed by atoms with Crippen LogP contribution in [0.1, 0.15) is 24.9 Å². The van der Waals surface area contributed by atoms with Crippen molar-refractivity contribution in [1.29, 1.82) is 0 Å². The van der Waals surface area contributed by atoms with Gasteiger partial charge in [0, 0.05) is 32.6 Å². The lowest BCUT2D eigenvalue weighted by Crippen LogP contribution is -2.46. The zero-order valence-corrected chi connectivity index (χ0v) is 17.2. The first kappa shape index (κ1) is 18.8. The predicted octanol–water partition coefficient (Wildman–Crippen LogP) is 3.68. The third-order valence-corrected chi connectivity index (χ3v) is 5.56. The van der Waals surface area contributed by atoms with E-state index in [9.17, 15) is 0 Å². The Morgan fingerprint density at radius 3 is 2.53 bits per heavy atom. The molecule has 7 nitrogen and oxygen atoms in total. The molecule has 5 rings (SSSR count). The molecule has 0 unspecified atom stereocenters. The van der Waals surface area contributed by atoms with Crippen LogP contribution < -0.4 is 4.90 Å². The van der Waals surface area contributed by atoms with Gasteiger partial charge in [-0.25, -0.2) is 14.6 Å². The van der Waals surface area contributed by atoms with Gasteiger partial charge in [0.05, 0.1) is 30.1 Å². The summed E-state index contributed by atoms with van der Waals surface area (Å²) in [6.07, 6.45) is 5.52. The van der Waals surface area contributed by atoms with Gasteiger partial charge in [0.15, 0.2) is 5.65 Å². The van der Waals surface area contributed by atoms with E-state index in [0.717, 1.165) is 79.7 Å². The van der Waals surface area contributed by atoms with E-state index in [1.54, 1.807) is 6.26 Å². The Labute approximate surface area is 176 Å². The van der Waals surface area contributed by atoms with Crippen LogP contribution in [0.15, 0.2) is 59.3 Å². The monoisotopic (exact) mass is 402 g/mol. The maximum absolute atomic E-state index is 5.51. The van der Waals surface area contributed by atoms with Crippen LogP contribution in [0.25, 0.3) is 16.7 Å². The molecule has 0 N–H and O–H groups in total. The first-order valence-corrected chi connectivity index (χ1v) is 10.6. The van der Waals surface area contributed by atoms with Crippen molar-refractivity contribution >= 4 is 16.9 Å². The van der Waals surface area contributed by atoms with E-state index in [2.05, 4.69) is 34.0 Å². The number of furan rings is 1. The fourth-order valence-corrected chi connectivity index (χ4v) is 4.01. The molecule has 0 bridgehead atoms. The third-order valence-electron chi connectivity index (χ3n) is 5.56. The van der Waals surface area contributed by atoms with Crippen molar-refractivity contribution in [2.75, 3.05) is 31.1 Å². The third kappa shape index (κ3) is 3.68. The zero-order valence-electron chi connectivity index (χ0n) is 17.2. The molecule has 0 spiro atoms. The minimum atomic E-state index is 0.854. The predicted molar refractivity (Wildman–Crippen MR) is 117 cm³/mol. The van der Waals surface area contributed by atoms with Crippen LogP contribution in [-0.2, 0) is 13.0 Å². The highest BCUT2D eigenvalue weighted by Gasteiger charge is 2.23. The maximum Gasteiger partial charge on any atom is 0.168 e. The van der Waals surface area contributed by atoms with Gasteiger partial charge in [-0.1, -0.05) is 25.1 Å². The van der Waals surface area contributed by atoms with Crippen LogP contribution in [0.2, 0.25) is 0 Å². The number of rotatable bonds is 6. The average Bonchev–Trinajstić information content (AvgIpc) is 3.45. The summed E-state index contributed by atoms with van der Waals surface area (Å²) < 4.78 is 7.43. The van der Waals surface area contributed by atoms with Crippen LogP contribution in [0, 0.1) is 0 Å². The summed E-state index contributed by atoms with van der Waals surface area (Å²) in [4.78, 5) is 14.6. The Balaban J connectivity index is 1.44. The summed E-state index contributed by atoms with van der Waals surface area (Å²) in [6, 6.07) is 14.2. The fraction of sp³-hybridized carbons (Fsp3) is 0.348. The highest BCUT2D eigenvalue weighted by Crippen LogP contribution is 2.27. The molecule has 0 atom stereocenters. The van der Waals surface area contributed by atoms with Gasteiger partial charge in [0.25, 0.3) is 0 Å². The number of anilines is 1. The molecule has 0 saturated carbocycles. The molecule has 1 aliphatic rings. The molecule has 4 heterocycles. The second-order valence-electron chi connectivity index (χ2n) is 7.69. The quantitative estimate of drug-likeness (QED) is 0.490. The largest absolute Gasteiger partial charge is 0.468 e. The molecule has 1 aliphatic heterocycles. The van der Waals surface area contributed by atoms with Gasteiger partial charge < -0.3 is 9.32 Å². The summed E-state index contributed by atoms with van der Waals surface area (Å²) >= 11 is 0. The van der Waals surface area contributed by atoms with Crippen molar-refractivity contribution in [2.24, 2.45) is 0 Å². The summed E-state index contributed by atoms with van der Waals surface area (Å²) in [5.74, 6) is 2.90. The van der Waals surface area contributed by atoms with Crippen LogP contribution in [-0.4, -0.2) is 50.8 Å². The number of piperazine rings is 1. The summed E-state index contributed by atoms with van der Waals surface area (Å²) in [6.45, 7) is 6.82. The highest BCUT2D eigenvalue weighted by atomic mass is 16.3. The first-order valence-electron chi connectivity index (χ1n) is 10.6. The number of aromatic nitrogens is 4. The van der Waals surface area contributed by atoms with Crippen LogP contribution in [0.5, 0.6) is 0 Å². The van der Waals surface area contributed by atoms with Gasteiger partial charge in [-0.3, -0.25) is 4.90 Å². The molecule has 7 heteroatoms. The zero-order chi connectivity index (χ0) is 20.3. The molecule has 4 aromatic rings. The Hall–Kier alpha value is -3.19. The molecule has 0 amide bonds. The number of benzene rings is 1. The lowest BCUT2D eigenvalue weighted by Gasteiger charge is -2.35. The molecule has 3 aromatic heterocycles. The normalized spacial score (nSPS) is 15.2. The van der Waals surface area contributed by atoms with Gasteiger partial charge in [-0.05, 0) is 30.7 Å². The molecule has 30 heavy (non-hydrogen) atoms. The van der Waals surface area contributed by atoms with Crippen molar-refractivity contribution in [3.8, 4) is 5.69 Å². The van der Waals surface area contributed by atoms with Gasteiger partial charge in [-0.2, -0.15) is 5.10 Å². The number of aryl methyl sites for hydroxylation is 1. The van der Waals surface area contributed by atoms with E-state index in [-0.39, 0.29) is 0 Å². The lowest BCUT2D eigenvalue weighted by atomic mass is 10.2. The number of fused-ring (bicyclic) bond motifs is 1. The Kier molecular flexibility index (Phi) is 5.19. The Morgan fingerprint density at radius 2 is 1.80 bits per heavy atom. The highest BCUT2D eigenvalue weighted by molar-refractivity contribution is 5.88. The van der Waals surface area contributed by atoms with Crippen molar-refractivity contribution in [1.82, 2.24) is 24.6 Å². The second-order valence-corrected chi connectivity index (χ2v) is 7.69. The van der Waals surface area contributed by atoms with E-state index in [1.807, 2.05) is 41.2 Å². The maximum atomic E-state index is 5.51. The van der Waals surface area contributed by atoms with Crippen LogP contribution in [0.3, 0.4) is 0 Å². The molecule has 0 aliphatic carbocycles. The van der Waals surface area contributed by atoms with E-state index in [0.29, 0.717) is 0 Å². The van der Waals surface area contributed by atoms with E-state index < -0.39 is 0 Å². The van der Waals surface area contributed by atoms with Crippen molar-refractivity contribution in [3.05, 3.63) is 66.5 Å². The smallest absolute Gasteiger partial charge is 0.168 e. The lowest BCUT2D eigenvalue weighted by molar-refractivity contribution is 0.230. The standard InChI is InChI=1S/C23H26N6O/c1-2-7-21-25-22(28-13-11-27(12-14-28)17-19-10-6-15-30-19)20-16-24-29(23(20)26-21)18-8-4-3-5-9-18/h3-6,8-10,15-16H,2,7,11-14,17H2,1H3. The Bertz CT molecular complexity index is 1100. The summed E-state index contributed by atoms with van der Waals surface area (Å²) in [7, 11) is 0. The number of hydrogen-bond acceptors (Lipinski definition) is 6. The molecule has 1 fully saturated rings. The van der Waals surface area contributed by atoms with Crippen molar-refractivity contribution in [2.45, 2.75) is 26.3 Å². The number of para-hydroxylation sites is 1. The number of hydrogen-bond donors (Lipinski definition) is 0. The van der Waals surface area contributed by atoms with Crippen LogP contribution >= 0.6 is 0 Å². The van der Waals surface area contributed by atoms with Gasteiger partial charge in [0.1, 0.15) is 17.4 Å². The molecule has 0 radical (unpaired) electrons. The molecular weight excluding hydrogens is 376 g/mol. The topological polar surface area (TPSA) is 63.2 Å². The van der Waals surface area contributed by atoms with Crippen molar-refractivity contribution < 1.29 is 4.42 Å². The average molecular weight is 403 g/mol. The van der Waals surface area contributed by atoms with Gasteiger partial charge in [-0.15, -0.1) is 0 Å². The molecule has 1 aromatic carbocycles.